The molecule has 1 aromatic heterocycles. The van der Waals surface area contributed by atoms with E-state index in [-0.39, 0.29) is 6.04 Å². The molecule has 0 aromatic carbocycles. The molecule has 1 N–H and O–H groups in total. The second-order valence-corrected chi connectivity index (χ2v) is 3.35. The zero-order valence-electron chi connectivity index (χ0n) is 7.60. The van der Waals surface area contributed by atoms with Crippen LogP contribution in [-0.4, -0.2) is 16.3 Å². The molecule has 1 atom stereocenters. The maximum absolute atomic E-state index is 12.3. The Morgan fingerprint density at radius 3 is 2.86 bits per heavy atom. The molecule has 0 spiro atoms. The fourth-order valence-electron chi connectivity index (χ4n) is 1.59. The minimum Gasteiger partial charge on any atom is -0.307 e. The minimum atomic E-state index is -4.34. The van der Waals surface area contributed by atoms with Crippen molar-refractivity contribution in [3.05, 3.63) is 17.5 Å². The Bertz CT molecular complexity index is 342. The average molecular weight is 205 g/mol. The lowest BCUT2D eigenvalue weighted by molar-refractivity contribution is -0.141. The van der Waals surface area contributed by atoms with Crippen molar-refractivity contribution in [2.45, 2.75) is 25.7 Å². The van der Waals surface area contributed by atoms with Gasteiger partial charge in [0.15, 0.2) is 5.69 Å². The van der Waals surface area contributed by atoms with E-state index in [2.05, 4.69) is 10.4 Å². The number of rotatable bonds is 0. The molecule has 1 aromatic rings. The highest BCUT2D eigenvalue weighted by atomic mass is 19.4. The van der Waals surface area contributed by atoms with Gasteiger partial charge in [0, 0.05) is 12.6 Å². The fraction of sp³-hybridized carbons (Fsp3) is 0.625. The number of alkyl halides is 3. The van der Waals surface area contributed by atoms with E-state index in [9.17, 15) is 13.2 Å². The van der Waals surface area contributed by atoms with Gasteiger partial charge in [-0.25, -0.2) is 0 Å². The number of halogens is 3. The summed E-state index contributed by atoms with van der Waals surface area (Å²) in [7, 11) is 0. The van der Waals surface area contributed by atoms with Crippen LogP contribution < -0.4 is 5.32 Å². The van der Waals surface area contributed by atoms with Crippen molar-refractivity contribution in [3.63, 3.8) is 0 Å². The maximum atomic E-state index is 12.3. The van der Waals surface area contributed by atoms with Crippen molar-refractivity contribution in [2.75, 3.05) is 6.54 Å². The number of hydrogen-bond donors (Lipinski definition) is 1. The first-order chi connectivity index (χ1) is 6.48. The summed E-state index contributed by atoms with van der Waals surface area (Å²) in [5.41, 5.74) is -0.202. The van der Waals surface area contributed by atoms with Crippen LogP contribution >= 0.6 is 0 Å². The van der Waals surface area contributed by atoms with Gasteiger partial charge in [0.25, 0.3) is 0 Å². The van der Waals surface area contributed by atoms with Crippen LogP contribution in [0.4, 0.5) is 13.2 Å². The molecular weight excluding hydrogens is 195 g/mol. The lowest BCUT2D eigenvalue weighted by Crippen LogP contribution is -2.31. The van der Waals surface area contributed by atoms with Crippen LogP contribution in [0.2, 0.25) is 0 Å². The molecule has 2 rings (SSSR count). The average Bonchev–Trinajstić information content (AvgIpc) is 2.48. The molecule has 1 aliphatic heterocycles. The van der Waals surface area contributed by atoms with Crippen LogP contribution in [0.1, 0.15) is 24.4 Å². The summed E-state index contributed by atoms with van der Waals surface area (Å²) in [6.07, 6.45) is -4.34. The molecule has 1 aliphatic rings. The van der Waals surface area contributed by atoms with Gasteiger partial charge in [-0.05, 0) is 13.0 Å². The van der Waals surface area contributed by atoms with Crippen molar-refractivity contribution in [1.29, 1.82) is 0 Å². The monoisotopic (exact) mass is 205 g/mol. The summed E-state index contributed by atoms with van der Waals surface area (Å²) in [6.45, 7) is 2.98. The van der Waals surface area contributed by atoms with E-state index < -0.39 is 11.9 Å². The van der Waals surface area contributed by atoms with Crippen molar-refractivity contribution in [3.8, 4) is 0 Å². The quantitative estimate of drug-likeness (QED) is 0.696. The summed E-state index contributed by atoms with van der Waals surface area (Å²) in [4.78, 5) is 0. The predicted molar refractivity (Wildman–Crippen MR) is 43.6 cm³/mol. The molecule has 0 bridgehead atoms. The Morgan fingerprint density at radius 1 is 1.57 bits per heavy atom. The van der Waals surface area contributed by atoms with Crippen molar-refractivity contribution >= 4 is 0 Å². The smallest absolute Gasteiger partial charge is 0.307 e. The summed E-state index contributed by atoms with van der Waals surface area (Å²) in [5.74, 6) is 0. The second kappa shape index (κ2) is 2.98. The van der Waals surface area contributed by atoms with Crippen LogP contribution in [0, 0.1) is 0 Å². The first-order valence-corrected chi connectivity index (χ1v) is 4.37. The summed E-state index contributed by atoms with van der Waals surface area (Å²) >= 11 is 0. The molecule has 78 valence electrons. The Hall–Kier alpha value is -1.04. The van der Waals surface area contributed by atoms with E-state index in [4.69, 9.17) is 0 Å². The molecule has 6 heteroatoms. The molecule has 0 radical (unpaired) electrons. The molecule has 14 heavy (non-hydrogen) atoms. The van der Waals surface area contributed by atoms with Crippen LogP contribution in [0.5, 0.6) is 0 Å². The van der Waals surface area contributed by atoms with E-state index in [0.29, 0.717) is 18.8 Å². The van der Waals surface area contributed by atoms with Crippen LogP contribution in [0.15, 0.2) is 6.07 Å². The second-order valence-electron chi connectivity index (χ2n) is 3.35. The molecular formula is C8H10F3N3. The van der Waals surface area contributed by atoms with E-state index >= 15 is 0 Å². The molecule has 1 unspecified atom stereocenters. The number of nitrogens with one attached hydrogen (secondary N) is 1. The number of aromatic nitrogens is 2. The largest absolute Gasteiger partial charge is 0.435 e. The van der Waals surface area contributed by atoms with Gasteiger partial charge >= 0.3 is 6.18 Å². The Labute approximate surface area is 78.9 Å². The number of hydrogen-bond acceptors (Lipinski definition) is 2. The Balaban J connectivity index is 2.40. The zero-order chi connectivity index (χ0) is 10.3. The topological polar surface area (TPSA) is 29.9 Å². The van der Waals surface area contributed by atoms with Gasteiger partial charge in [0.2, 0.25) is 0 Å². The molecule has 0 aliphatic carbocycles. The van der Waals surface area contributed by atoms with Gasteiger partial charge in [-0.2, -0.15) is 18.3 Å². The maximum Gasteiger partial charge on any atom is 0.435 e. The Kier molecular flexibility index (Phi) is 2.02. The lowest BCUT2D eigenvalue weighted by Gasteiger charge is -2.21. The van der Waals surface area contributed by atoms with Gasteiger partial charge in [-0.15, -0.1) is 0 Å². The molecule has 2 heterocycles. The highest BCUT2D eigenvalue weighted by molar-refractivity contribution is 5.17. The predicted octanol–water partition coefficient (Wildman–Crippen LogP) is 1.57. The third-order valence-electron chi connectivity index (χ3n) is 2.32. The highest BCUT2D eigenvalue weighted by Crippen LogP contribution is 2.30. The van der Waals surface area contributed by atoms with Crippen molar-refractivity contribution < 1.29 is 13.2 Å². The molecule has 0 amide bonds. The highest BCUT2D eigenvalue weighted by Gasteiger charge is 2.35. The standard InChI is InChI=1S/C8H10F3N3/c1-5-6-4-7(8(9,10)11)13-14(6)3-2-12-5/h4-5,12H,2-3H2,1H3. The third-order valence-corrected chi connectivity index (χ3v) is 2.32. The van der Waals surface area contributed by atoms with Crippen molar-refractivity contribution in [2.24, 2.45) is 0 Å². The van der Waals surface area contributed by atoms with E-state index in [0.717, 1.165) is 6.07 Å². The summed E-state index contributed by atoms with van der Waals surface area (Å²) in [5, 5.41) is 6.60. The van der Waals surface area contributed by atoms with E-state index in [1.165, 1.54) is 4.68 Å². The third kappa shape index (κ3) is 1.50. The first-order valence-electron chi connectivity index (χ1n) is 4.37. The van der Waals surface area contributed by atoms with Gasteiger partial charge in [0.05, 0.1) is 12.2 Å². The van der Waals surface area contributed by atoms with Gasteiger partial charge in [0.1, 0.15) is 0 Å². The molecule has 0 saturated carbocycles. The number of nitrogens with zero attached hydrogens (tertiary/aromatic N) is 2. The Morgan fingerprint density at radius 2 is 2.29 bits per heavy atom. The van der Waals surface area contributed by atoms with Gasteiger partial charge in [-0.3, -0.25) is 4.68 Å². The van der Waals surface area contributed by atoms with Crippen molar-refractivity contribution in [1.82, 2.24) is 15.1 Å². The SMILES string of the molecule is CC1NCCn2nc(C(F)(F)F)cc21. The van der Waals surface area contributed by atoms with E-state index in [1.54, 1.807) is 0 Å². The molecule has 0 saturated heterocycles. The summed E-state index contributed by atoms with van der Waals surface area (Å²) < 4.78 is 38.3. The van der Waals surface area contributed by atoms with Crippen LogP contribution in [-0.2, 0) is 12.7 Å². The van der Waals surface area contributed by atoms with Crippen LogP contribution in [0.25, 0.3) is 0 Å². The first kappa shape index (κ1) is 9.51. The molecule has 0 fully saturated rings. The minimum absolute atomic E-state index is 0.0626. The number of fused-ring (bicyclic) bond motifs is 1. The van der Waals surface area contributed by atoms with Crippen LogP contribution in [0.3, 0.4) is 0 Å². The summed E-state index contributed by atoms with van der Waals surface area (Å²) in [6, 6.07) is 1.05. The fourth-order valence-corrected chi connectivity index (χ4v) is 1.59. The lowest BCUT2D eigenvalue weighted by atomic mass is 10.2. The van der Waals surface area contributed by atoms with Gasteiger partial charge < -0.3 is 5.32 Å². The van der Waals surface area contributed by atoms with E-state index in [1.807, 2.05) is 6.92 Å². The zero-order valence-corrected chi connectivity index (χ0v) is 7.60. The molecule has 3 nitrogen and oxygen atoms in total. The normalized spacial score (nSPS) is 22.1. The van der Waals surface area contributed by atoms with Gasteiger partial charge in [-0.1, -0.05) is 0 Å².